The van der Waals surface area contributed by atoms with E-state index in [1.54, 1.807) is 18.2 Å². The van der Waals surface area contributed by atoms with Crippen LogP contribution in [0, 0.1) is 0 Å². The Morgan fingerprint density at radius 2 is 1.96 bits per heavy atom. The molecular formula is C15H17N5O3S. The fourth-order valence-corrected chi connectivity index (χ4v) is 4.34. The van der Waals surface area contributed by atoms with Gasteiger partial charge in [0.25, 0.3) is 15.9 Å². The average molecular weight is 347 g/mol. The second kappa shape index (κ2) is 5.59. The summed E-state index contributed by atoms with van der Waals surface area (Å²) in [7, 11) is -3.70. The van der Waals surface area contributed by atoms with Gasteiger partial charge in [-0.05, 0) is 25.0 Å². The van der Waals surface area contributed by atoms with Crippen molar-refractivity contribution in [2.24, 2.45) is 0 Å². The van der Waals surface area contributed by atoms with Gasteiger partial charge in [0.05, 0.1) is 5.69 Å². The molecule has 0 spiro atoms. The number of hydrogen-bond donors (Lipinski definition) is 2. The Morgan fingerprint density at radius 1 is 1.21 bits per heavy atom. The molecule has 2 aliphatic rings. The van der Waals surface area contributed by atoms with Gasteiger partial charge in [-0.25, -0.2) is 13.1 Å². The van der Waals surface area contributed by atoms with Gasteiger partial charge in [-0.1, -0.05) is 31.4 Å². The zero-order chi connectivity index (χ0) is 16.7. The van der Waals surface area contributed by atoms with Gasteiger partial charge in [0.15, 0.2) is 0 Å². The second-order valence-corrected chi connectivity index (χ2v) is 7.70. The zero-order valence-electron chi connectivity index (χ0n) is 12.9. The Hall–Kier alpha value is -2.42. The number of rotatable bonds is 2. The van der Waals surface area contributed by atoms with Crippen molar-refractivity contribution in [1.29, 1.82) is 0 Å². The quantitative estimate of drug-likeness (QED) is 0.855. The molecule has 1 aromatic heterocycles. The number of anilines is 1. The number of aromatic nitrogens is 3. The van der Waals surface area contributed by atoms with Gasteiger partial charge in [-0.3, -0.25) is 4.79 Å². The molecule has 0 saturated heterocycles. The lowest BCUT2D eigenvalue weighted by Crippen LogP contribution is -2.36. The van der Waals surface area contributed by atoms with Crippen LogP contribution in [0.2, 0.25) is 0 Å². The van der Waals surface area contributed by atoms with Gasteiger partial charge < -0.3 is 5.32 Å². The minimum Gasteiger partial charge on any atom is -0.347 e. The normalized spacial score (nSPS) is 19.0. The first-order valence-electron chi connectivity index (χ1n) is 7.95. The SMILES string of the molecule is O=C(NC1CCCCC1)c1nc2n(n1)-c1ccccc1S(=O)(=O)N2. The van der Waals surface area contributed by atoms with Crippen molar-refractivity contribution in [3.63, 3.8) is 0 Å². The first kappa shape index (κ1) is 15.1. The molecule has 1 fully saturated rings. The van der Waals surface area contributed by atoms with Crippen molar-refractivity contribution < 1.29 is 13.2 Å². The molecule has 1 aliphatic heterocycles. The van der Waals surface area contributed by atoms with E-state index in [1.807, 2.05) is 0 Å². The molecule has 8 nitrogen and oxygen atoms in total. The van der Waals surface area contributed by atoms with Crippen LogP contribution in [0.5, 0.6) is 0 Å². The third-order valence-electron chi connectivity index (χ3n) is 4.36. The highest BCUT2D eigenvalue weighted by Crippen LogP contribution is 2.29. The van der Waals surface area contributed by atoms with Crippen molar-refractivity contribution in [3.8, 4) is 5.69 Å². The summed E-state index contributed by atoms with van der Waals surface area (Å²) >= 11 is 0. The summed E-state index contributed by atoms with van der Waals surface area (Å²) in [5.41, 5.74) is 0.385. The molecule has 24 heavy (non-hydrogen) atoms. The van der Waals surface area contributed by atoms with E-state index in [9.17, 15) is 13.2 Å². The molecule has 1 saturated carbocycles. The number of para-hydroxylation sites is 1. The highest BCUT2D eigenvalue weighted by Gasteiger charge is 2.31. The lowest BCUT2D eigenvalue weighted by molar-refractivity contribution is 0.0917. The molecule has 0 atom stereocenters. The van der Waals surface area contributed by atoms with Crippen molar-refractivity contribution in [1.82, 2.24) is 20.1 Å². The molecule has 2 heterocycles. The third-order valence-corrected chi connectivity index (χ3v) is 5.73. The van der Waals surface area contributed by atoms with Gasteiger partial charge in [0.2, 0.25) is 11.8 Å². The van der Waals surface area contributed by atoms with E-state index in [4.69, 9.17) is 0 Å². The molecule has 4 rings (SSSR count). The molecule has 0 bridgehead atoms. The van der Waals surface area contributed by atoms with E-state index >= 15 is 0 Å². The Kier molecular flexibility index (Phi) is 3.52. The number of nitrogens with one attached hydrogen (secondary N) is 2. The molecule has 9 heteroatoms. The number of carbonyl (C=O) groups is 1. The van der Waals surface area contributed by atoms with Crippen LogP contribution in [0.1, 0.15) is 42.7 Å². The molecular weight excluding hydrogens is 330 g/mol. The monoisotopic (exact) mass is 347 g/mol. The van der Waals surface area contributed by atoms with E-state index in [0.29, 0.717) is 5.69 Å². The van der Waals surface area contributed by atoms with Gasteiger partial charge in [-0.2, -0.15) is 9.67 Å². The van der Waals surface area contributed by atoms with Crippen LogP contribution >= 0.6 is 0 Å². The maximum atomic E-state index is 12.4. The highest BCUT2D eigenvalue weighted by atomic mass is 32.2. The van der Waals surface area contributed by atoms with Gasteiger partial charge in [-0.15, -0.1) is 5.10 Å². The lowest BCUT2D eigenvalue weighted by atomic mass is 9.95. The molecule has 0 unspecified atom stereocenters. The summed E-state index contributed by atoms with van der Waals surface area (Å²) in [6, 6.07) is 6.61. The molecule has 2 aromatic rings. The largest absolute Gasteiger partial charge is 0.347 e. The second-order valence-electron chi connectivity index (χ2n) is 6.05. The Balaban J connectivity index is 1.66. The number of amides is 1. The highest BCUT2D eigenvalue weighted by molar-refractivity contribution is 7.92. The Labute approximate surface area is 139 Å². The first-order chi connectivity index (χ1) is 11.5. The summed E-state index contributed by atoms with van der Waals surface area (Å²) in [6.07, 6.45) is 5.31. The number of sulfonamides is 1. The molecule has 0 radical (unpaired) electrons. The van der Waals surface area contributed by atoms with Crippen molar-refractivity contribution in [2.75, 3.05) is 4.72 Å². The predicted octanol–water partition coefficient (Wildman–Crippen LogP) is 1.44. The van der Waals surface area contributed by atoms with Crippen molar-refractivity contribution in [3.05, 3.63) is 30.1 Å². The fraction of sp³-hybridized carbons (Fsp3) is 0.400. The Bertz CT molecular complexity index is 900. The zero-order valence-corrected chi connectivity index (χ0v) is 13.7. The maximum Gasteiger partial charge on any atom is 0.291 e. The summed E-state index contributed by atoms with van der Waals surface area (Å²) in [6.45, 7) is 0. The van der Waals surface area contributed by atoms with Gasteiger partial charge >= 0.3 is 0 Å². The van der Waals surface area contributed by atoms with E-state index in [-0.39, 0.29) is 28.6 Å². The topological polar surface area (TPSA) is 106 Å². The van der Waals surface area contributed by atoms with Crippen LogP contribution in [0.25, 0.3) is 5.69 Å². The van der Waals surface area contributed by atoms with Gasteiger partial charge in [0, 0.05) is 6.04 Å². The number of benzene rings is 1. The fourth-order valence-electron chi connectivity index (χ4n) is 3.17. The van der Waals surface area contributed by atoms with E-state index in [1.165, 1.54) is 17.2 Å². The van der Waals surface area contributed by atoms with Crippen molar-refractivity contribution in [2.45, 2.75) is 43.0 Å². The average Bonchev–Trinajstić information content (AvgIpc) is 2.99. The summed E-state index contributed by atoms with van der Waals surface area (Å²) in [5, 5.41) is 7.12. The summed E-state index contributed by atoms with van der Waals surface area (Å²) in [5.74, 6) is -0.377. The Morgan fingerprint density at radius 3 is 2.75 bits per heavy atom. The predicted molar refractivity (Wildman–Crippen MR) is 86.5 cm³/mol. The molecule has 126 valence electrons. The first-order valence-corrected chi connectivity index (χ1v) is 9.43. The molecule has 1 aromatic carbocycles. The van der Waals surface area contributed by atoms with Gasteiger partial charge in [0.1, 0.15) is 4.90 Å². The molecule has 1 aliphatic carbocycles. The number of carbonyl (C=O) groups excluding carboxylic acids is 1. The minimum absolute atomic E-state index is 0.0301. The van der Waals surface area contributed by atoms with Crippen LogP contribution in [0.4, 0.5) is 5.95 Å². The smallest absolute Gasteiger partial charge is 0.291 e. The maximum absolute atomic E-state index is 12.4. The van der Waals surface area contributed by atoms with E-state index in [0.717, 1.165) is 25.7 Å². The number of fused-ring (bicyclic) bond motifs is 3. The summed E-state index contributed by atoms with van der Waals surface area (Å²) in [4.78, 5) is 16.6. The standard InChI is InChI=1S/C15H17N5O3S/c21-14(16-10-6-2-1-3-7-10)13-17-15-19-24(22,23)12-9-5-4-8-11(12)20(15)18-13/h4-5,8-10H,1-3,6-7H2,(H,16,21)(H,17,18,19). The summed E-state index contributed by atoms with van der Waals surface area (Å²) < 4.78 is 28.2. The number of nitrogens with zero attached hydrogens (tertiary/aromatic N) is 3. The van der Waals surface area contributed by atoms with E-state index in [2.05, 4.69) is 20.1 Å². The number of hydrogen-bond acceptors (Lipinski definition) is 5. The minimum atomic E-state index is -3.70. The van der Waals surface area contributed by atoms with Crippen LogP contribution in [-0.2, 0) is 10.0 Å². The third kappa shape index (κ3) is 2.54. The van der Waals surface area contributed by atoms with Crippen LogP contribution < -0.4 is 10.0 Å². The molecule has 1 amide bonds. The lowest BCUT2D eigenvalue weighted by Gasteiger charge is -2.21. The van der Waals surface area contributed by atoms with Crippen LogP contribution in [-0.4, -0.2) is 35.1 Å². The van der Waals surface area contributed by atoms with Crippen LogP contribution in [0.15, 0.2) is 29.2 Å². The van der Waals surface area contributed by atoms with Crippen LogP contribution in [0.3, 0.4) is 0 Å². The molecule has 2 N–H and O–H groups in total. The van der Waals surface area contributed by atoms with Crippen molar-refractivity contribution >= 4 is 21.9 Å². The van der Waals surface area contributed by atoms with E-state index < -0.39 is 10.0 Å².